The van der Waals surface area contributed by atoms with Crippen molar-refractivity contribution in [3.8, 4) is 22.9 Å². The molecule has 1 unspecified atom stereocenters. The number of esters is 1. The van der Waals surface area contributed by atoms with Crippen LogP contribution in [0.25, 0.3) is 11.4 Å². The average molecular weight is 507 g/mol. The molecule has 1 aromatic heterocycles. The Balaban J connectivity index is 1.45. The van der Waals surface area contributed by atoms with Crippen LogP contribution >= 0.6 is 0 Å². The van der Waals surface area contributed by atoms with Crippen molar-refractivity contribution in [3.63, 3.8) is 0 Å². The maximum Gasteiger partial charge on any atom is 0.337 e. The summed E-state index contributed by atoms with van der Waals surface area (Å²) in [5.74, 6) is 0.471. The molecule has 9 heteroatoms. The van der Waals surface area contributed by atoms with Crippen molar-refractivity contribution in [2.24, 2.45) is 12.0 Å². The number of anilines is 1. The van der Waals surface area contributed by atoms with E-state index in [9.17, 15) is 9.59 Å². The minimum absolute atomic E-state index is 0.250. The van der Waals surface area contributed by atoms with Crippen molar-refractivity contribution in [1.82, 2.24) is 9.55 Å². The van der Waals surface area contributed by atoms with Gasteiger partial charge in [0, 0.05) is 36.3 Å². The number of imidazole rings is 1. The van der Waals surface area contributed by atoms with Crippen LogP contribution in [-0.4, -0.2) is 34.2 Å². The Bertz CT molecular complexity index is 1640. The van der Waals surface area contributed by atoms with Crippen molar-refractivity contribution in [3.05, 3.63) is 102 Å². The average Bonchev–Trinajstić information content (AvgIpc) is 3.52. The van der Waals surface area contributed by atoms with Crippen molar-refractivity contribution >= 4 is 29.0 Å². The molecule has 2 aliphatic heterocycles. The zero-order chi connectivity index (χ0) is 26.2. The summed E-state index contributed by atoms with van der Waals surface area (Å²) in [6, 6.07) is 18.1. The van der Waals surface area contributed by atoms with Crippen LogP contribution in [0.3, 0.4) is 0 Å². The van der Waals surface area contributed by atoms with Crippen LogP contribution < -0.4 is 14.8 Å². The van der Waals surface area contributed by atoms with Gasteiger partial charge in [-0.3, -0.25) is 9.79 Å². The van der Waals surface area contributed by atoms with E-state index in [1.54, 1.807) is 36.5 Å². The van der Waals surface area contributed by atoms with Gasteiger partial charge in [0.15, 0.2) is 11.5 Å². The summed E-state index contributed by atoms with van der Waals surface area (Å²) in [6.45, 7) is 0. The van der Waals surface area contributed by atoms with E-state index in [0.717, 1.165) is 11.4 Å². The highest BCUT2D eigenvalue weighted by molar-refractivity contribution is 6.24. The summed E-state index contributed by atoms with van der Waals surface area (Å²) in [7, 11) is 3.25. The van der Waals surface area contributed by atoms with Gasteiger partial charge in [-0.15, -0.1) is 0 Å². The molecule has 3 heterocycles. The second-order valence-corrected chi connectivity index (χ2v) is 8.79. The Morgan fingerprint density at radius 3 is 2.50 bits per heavy atom. The number of aryl methyl sites for hydroxylation is 1. The Labute approximate surface area is 218 Å². The van der Waals surface area contributed by atoms with Crippen LogP contribution in [0.1, 0.15) is 27.4 Å². The fourth-order valence-corrected chi connectivity index (χ4v) is 4.60. The number of nitrogens with one attached hydrogen (secondary N) is 1. The first kappa shape index (κ1) is 23.2. The first-order chi connectivity index (χ1) is 18.5. The fraction of sp³-hybridized carbons (Fsp3) is 0.103. The van der Waals surface area contributed by atoms with Gasteiger partial charge < -0.3 is 24.1 Å². The van der Waals surface area contributed by atoms with E-state index in [4.69, 9.17) is 19.2 Å². The lowest BCUT2D eigenvalue weighted by Gasteiger charge is -2.17. The van der Waals surface area contributed by atoms with Gasteiger partial charge in [-0.05, 0) is 60.2 Å². The highest BCUT2D eigenvalue weighted by Crippen LogP contribution is 2.39. The van der Waals surface area contributed by atoms with Gasteiger partial charge in [0.1, 0.15) is 24.3 Å². The molecule has 1 N–H and O–H groups in total. The second-order valence-electron chi connectivity index (χ2n) is 8.79. The Hall–Kier alpha value is -5.18. The van der Waals surface area contributed by atoms with Crippen LogP contribution in [0.2, 0.25) is 0 Å². The van der Waals surface area contributed by atoms with Crippen LogP contribution in [0.5, 0.6) is 11.5 Å². The molecule has 2 aliphatic rings. The highest BCUT2D eigenvalue weighted by atomic mass is 16.5. The standard InChI is InChI=1S/C29H22N4O5/c1-33-12-11-30-27(33)17-3-7-20(8-4-17)31-26(18-6-10-23-24(16-18)38-14-13-37-23)25-21-9-5-19(29(35)36-2)15-22(21)32-28(25)34/h3-16,25H,1-2H3,(H,32,34). The molecule has 3 aromatic carbocycles. The number of carbonyl (C=O) groups excluding carboxylic acids is 2. The summed E-state index contributed by atoms with van der Waals surface area (Å²) >= 11 is 0. The van der Waals surface area contributed by atoms with Gasteiger partial charge >= 0.3 is 5.97 Å². The van der Waals surface area contributed by atoms with E-state index >= 15 is 0 Å². The van der Waals surface area contributed by atoms with E-state index < -0.39 is 11.9 Å². The Kier molecular flexibility index (Phi) is 5.72. The molecule has 6 rings (SSSR count). The third-order valence-corrected chi connectivity index (χ3v) is 6.46. The first-order valence-corrected chi connectivity index (χ1v) is 11.8. The van der Waals surface area contributed by atoms with Crippen molar-refractivity contribution in [1.29, 1.82) is 0 Å². The fourth-order valence-electron chi connectivity index (χ4n) is 4.60. The third-order valence-electron chi connectivity index (χ3n) is 6.46. The number of benzene rings is 3. The van der Waals surface area contributed by atoms with Crippen molar-refractivity contribution in [2.45, 2.75) is 5.92 Å². The monoisotopic (exact) mass is 506 g/mol. The van der Waals surface area contributed by atoms with Gasteiger partial charge in [-0.25, -0.2) is 9.78 Å². The smallest absolute Gasteiger partial charge is 0.337 e. The van der Waals surface area contributed by atoms with Gasteiger partial charge in [-0.1, -0.05) is 6.07 Å². The van der Waals surface area contributed by atoms with Crippen LogP contribution in [0.15, 0.2) is 90.6 Å². The summed E-state index contributed by atoms with van der Waals surface area (Å²) in [5.41, 5.74) is 4.44. The Morgan fingerprint density at radius 1 is 1.00 bits per heavy atom. The summed E-state index contributed by atoms with van der Waals surface area (Å²) in [5, 5.41) is 2.89. The predicted molar refractivity (Wildman–Crippen MR) is 141 cm³/mol. The number of hydrogen-bond acceptors (Lipinski definition) is 7. The van der Waals surface area contributed by atoms with Crippen molar-refractivity contribution in [2.75, 3.05) is 12.4 Å². The molecule has 0 saturated heterocycles. The molecule has 9 nitrogen and oxygen atoms in total. The van der Waals surface area contributed by atoms with Crippen LogP contribution in [-0.2, 0) is 16.6 Å². The van der Waals surface area contributed by atoms with Gasteiger partial charge in [-0.2, -0.15) is 0 Å². The SMILES string of the molecule is COC(=O)c1ccc2c(c1)NC(=O)C2C(=Nc1ccc(-c2nccn2C)cc1)c1ccc2c(c1)OC=CO2. The largest absolute Gasteiger partial charge is 0.465 e. The third kappa shape index (κ3) is 4.09. The minimum Gasteiger partial charge on any atom is -0.465 e. The van der Waals surface area contributed by atoms with E-state index in [2.05, 4.69) is 10.3 Å². The molecule has 0 aliphatic carbocycles. The molecule has 1 atom stereocenters. The molecule has 1 amide bonds. The lowest BCUT2D eigenvalue weighted by Crippen LogP contribution is -2.22. The zero-order valence-corrected chi connectivity index (χ0v) is 20.5. The number of ether oxygens (including phenoxy) is 3. The normalized spacial score (nSPS) is 15.7. The first-order valence-electron chi connectivity index (χ1n) is 11.8. The molecule has 188 valence electrons. The zero-order valence-electron chi connectivity index (χ0n) is 20.5. The van der Waals surface area contributed by atoms with E-state index in [-0.39, 0.29) is 5.91 Å². The lowest BCUT2D eigenvalue weighted by atomic mass is 9.90. The predicted octanol–water partition coefficient (Wildman–Crippen LogP) is 4.97. The van der Waals surface area contributed by atoms with Gasteiger partial charge in [0.2, 0.25) is 5.91 Å². The number of amides is 1. The number of carbonyl (C=O) groups is 2. The molecule has 38 heavy (non-hydrogen) atoms. The molecule has 0 radical (unpaired) electrons. The number of aromatic nitrogens is 2. The molecule has 0 bridgehead atoms. The van der Waals surface area contributed by atoms with Gasteiger partial charge in [0.25, 0.3) is 0 Å². The van der Waals surface area contributed by atoms with Crippen LogP contribution in [0, 0.1) is 0 Å². The Morgan fingerprint density at radius 2 is 1.76 bits per heavy atom. The quantitative estimate of drug-likeness (QED) is 0.303. The number of hydrogen-bond donors (Lipinski definition) is 1. The summed E-state index contributed by atoms with van der Waals surface area (Å²) in [4.78, 5) is 34.7. The molecular formula is C29H22N4O5. The maximum atomic E-state index is 13.3. The second kappa shape index (κ2) is 9.36. The maximum absolute atomic E-state index is 13.3. The van der Waals surface area contributed by atoms with E-state index in [1.807, 2.05) is 48.1 Å². The molecule has 0 fully saturated rings. The highest BCUT2D eigenvalue weighted by Gasteiger charge is 2.36. The number of aliphatic imine (C=N–C) groups is 1. The number of nitrogens with zero attached hydrogens (tertiary/aromatic N) is 3. The van der Waals surface area contributed by atoms with Crippen molar-refractivity contribution < 1.29 is 23.8 Å². The topological polar surface area (TPSA) is 104 Å². The number of fused-ring (bicyclic) bond motifs is 2. The number of rotatable bonds is 5. The van der Waals surface area contributed by atoms with E-state index in [1.165, 1.54) is 19.6 Å². The van der Waals surface area contributed by atoms with Gasteiger partial charge in [0.05, 0.1) is 24.1 Å². The minimum atomic E-state index is -0.719. The molecule has 4 aromatic rings. The molecule has 0 saturated carbocycles. The molecular weight excluding hydrogens is 484 g/mol. The molecule has 0 spiro atoms. The number of methoxy groups -OCH3 is 1. The lowest BCUT2D eigenvalue weighted by molar-refractivity contribution is -0.115. The van der Waals surface area contributed by atoms with Crippen LogP contribution in [0.4, 0.5) is 11.4 Å². The van der Waals surface area contributed by atoms with E-state index in [0.29, 0.717) is 45.3 Å². The summed E-state index contributed by atoms with van der Waals surface area (Å²) in [6.07, 6.45) is 6.54. The summed E-state index contributed by atoms with van der Waals surface area (Å²) < 4.78 is 17.9.